The third-order valence-corrected chi connectivity index (χ3v) is 4.94. The molecule has 4 rings (SSSR count). The first-order chi connectivity index (χ1) is 12.2. The van der Waals surface area contributed by atoms with Gasteiger partial charge in [0.05, 0.1) is 6.61 Å². The minimum atomic E-state index is -4.17. The molecule has 144 valence electrons. The van der Waals surface area contributed by atoms with Gasteiger partial charge in [0.1, 0.15) is 24.9 Å². The summed E-state index contributed by atoms with van der Waals surface area (Å²) >= 11 is 0. The van der Waals surface area contributed by atoms with E-state index < -0.39 is 47.0 Å². The molecule has 3 heterocycles. The highest BCUT2D eigenvalue weighted by Crippen LogP contribution is 2.48. The molecule has 0 spiro atoms. The van der Waals surface area contributed by atoms with Crippen molar-refractivity contribution in [3.63, 3.8) is 0 Å². The van der Waals surface area contributed by atoms with E-state index in [-0.39, 0.29) is 12.7 Å². The van der Waals surface area contributed by atoms with Crippen LogP contribution in [0.4, 0.5) is 0 Å². The van der Waals surface area contributed by atoms with Crippen molar-refractivity contribution in [2.24, 2.45) is 5.14 Å². The molecule has 10 heteroatoms. The van der Waals surface area contributed by atoms with E-state index in [0.717, 1.165) is 5.56 Å². The first-order valence-corrected chi connectivity index (χ1v) is 9.70. The van der Waals surface area contributed by atoms with E-state index in [9.17, 15) is 8.42 Å². The minimum absolute atomic E-state index is 0.137. The van der Waals surface area contributed by atoms with E-state index in [1.54, 1.807) is 13.8 Å². The van der Waals surface area contributed by atoms with E-state index >= 15 is 0 Å². The summed E-state index contributed by atoms with van der Waals surface area (Å²) in [6, 6.07) is 9.49. The van der Waals surface area contributed by atoms with Crippen molar-refractivity contribution in [3.8, 4) is 0 Å². The summed E-state index contributed by atoms with van der Waals surface area (Å²) in [5.41, 5.74) is 0.867. The third kappa shape index (κ3) is 3.39. The summed E-state index contributed by atoms with van der Waals surface area (Å²) in [6.45, 7) is 3.10. The van der Waals surface area contributed by atoms with Gasteiger partial charge >= 0.3 is 10.3 Å². The van der Waals surface area contributed by atoms with Gasteiger partial charge in [-0.25, -0.2) is 5.14 Å². The summed E-state index contributed by atoms with van der Waals surface area (Å²) in [6.07, 6.45) is -2.21. The normalized spacial score (nSPS) is 38.7. The number of benzene rings is 1. The SMILES string of the molecule is CC1(C)O[C@H]2[C@@H]3O[C@H](c4ccccc4)O[C@@H]3CO[C@@]2(COS(N)(=O)=O)O1. The Balaban J connectivity index is 1.58. The van der Waals surface area contributed by atoms with Crippen LogP contribution in [-0.4, -0.2) is 51.5 Å². The second-order valence-corrected chi connectivity index (χ2v) is 8.16. The van der Waals surface area contributed by atoms with E-state index in [4.69, 9.17) is 33.0 Å². The van der Waals surface area contributed by atoms with Crippen LogP contribution < -0.4 is 5.14 Å². The Morgan fingerprint density at radius 1 is 1.23 bits per heavy atom. The molecule has 0 radical (unpaired) electrons. The molecule has 0 amide bonds. The van der Waals surface area contributed by atoms with Gasteiger partial charge in [0.15, 0.2) is 12.1 Å². The highest BCUT2D eigenvalue weighted by Gasteiger charge is 2.65. The Labute approximate surface area is 151 Å². The molecule has 1 aromatic carbocycles. The first-order valence-electron chi connectivity index (χ1n) is 8.22. The maximum absolute atomic E-state index is 11.2. The van der Waals surface area contributed by atoms with Gasteiger partial charge < -0.3 is 23.7 Å². The van der Waals surface area contributed by atoms with Crippen LogP contribution in [0.15, 0.2) is 30.3 Å². The molecule has 0 aliphatic carbocycles. The number of hydrogen-bond acceptors (Lipinski definition) is 8. The average molecular weight is 387 g/mol. The minimum Gasteiger partial charge on any atom is -0.343 e. The van der Waals surface area contributed by atoms with Gasteiger partial charge in [0.2, 0.25) is 5.79 Å². The van der Waals surface area contributed by atoms with Crippen LogP contribution >= 0.6 is 0 Å². The number of fused-ring (bicyclic) bond motifs is 3. The largest absolute Gasteiger partial charge is 0.343 e. The van der Waals surface area contributed by atoms with Gasteiger partial charge in [-0.1, -0.05) is 30.3 Å². The van der Waals surface area contributed by atoms with Crippen molar-refractivity contribution in [2.45, 2.75) is 50.0 Å². The van der Waals surface area contributed by atoms with Crippen molar-refractivity contribution >= 4 is 10.3 Å². The average Bonchev–Trinajstić information content (AvgIpc) is 3.11. The molecule has 2 N–H and O–H groups in total. The fourth-order valence-corrected chi connectivity index (χ4v) is 3.86. The Morgan fingerprint density at radius 2 is 1.96 bits per heavy atom. The molecular weight excluding hydrogens is 366 g/mol. The Morgan fingerprint density at radius 3 is 2.65 bits per heavy atom. The third-order valence-electron chi connectivity index (χ3n) is 4.49. The van der Waals surface area contributed by atoms with Crippen molar-refractivity contribution < 1.29 is 36.3 Å². The van der Waals surface area contributed by atoms with Gasteiger partial charge in [0, 0.05) is 5.56 Å². The zero-order chi connectivity index (χ0) is 18.6. The van der Waals surface area contributed by atoms with Gasteiger partial charge in [-0.2, -0.15) is 8.42 Å². The lowest BCUT2D eigenvalue weighted by Gasteiger charge is -2.40. The van der Waals surface area contributed by atoms with E-state index in [1.807, 2.05) is 30.3 Å². The van der Waals surface area contributed by atoms with E-state index in [0.29, 0.717) is 0 Å². The molecule has 0 aromatic heterocycles. The number of nitrogens with two attached hydrogens (primary N) is 1. The molecule has 1 aromatic rings. The first kappa shape index (κ1) is 18.3. The second-order valence-electron chi connectivity index (χ2n) is 6.94. The fourth-order valence-electron chi connectivity index (χ4n) is 3.53. The molecule has 3 saturated heterocycles. The summed E-state index contributed by atoms with van der Waals surface area (Å²) in [4.78, 5) is 0. The lowest BCUT2D eigenvalue weighted by atomic mass is 9.98. The number of rotatable bonds is 4. The summed E-state index contributed by atoms with van der Waals surface area (Å²) in [5.74, 6) is -2.47. The topological polar surface area (TPSA) is 116 Å². The van der Waals surface area contributed by atoms with Crippen molar-refractivity contribution in [3.05, 3.63) is 35.9 Å². The number of ether oxygens (including phenoxy) is 5. The van der Waals surface area contributed by atoms with Gasteiger partial charge in [0.25, 0.3) is 0 Å². The molecular formula is C16H21NO8S. The molecule has 3 aliphatic rings. The zero-order valence-corrected chi connectivity index (χ0v) is 15.2. The highest BCUT2D eigenvalue weighted by atomic mass is 32.2. The Bertz CT molecular complexity index is 770. The smallest absolute Gasteiger partial charge is 0.333 e. The van der Waals surface area contributed by atoms with Crippen LogP contribution in [0.2, 0.25) is 0 Å². The summed E-state index contributed by atoms with van der Waals surface area (Å²) in [7, 11) is -4.17. The molecule has 5 atom stereocenters. The maximum atomic E-state index is 11.2. The fraction of sp³-hybridized carbons (Fsp3) is 0.625. The summed E-state index contributed by atoms with van der Waals surface area (Å²) in [5, 5.41) is 4.95. The molecule has 3 aliphatic heterocycles. The van der Waals surface area contributed by atoms with Gasteiger partial charge in [-0.05, 0) is 13.8 Å². The van der Waals surface area contributed by atoms with E-state index in [2.05, 4.69) is 0 Å². The van der Waals surface area contributed by atoms with Crippen molar-refractivity contribution in [1.82, 2.24) is 0 Å². The predicted octanol–water partition coefficient (Wildman–Crippen LogP) is 0.567. The molecule has 0 bridgehead atoms. The van der Waals surface area contributed by atoms with Crippen molar-refractivity contribution in [2.75, 3.05) is 13.2 Å². The monoisotopic (exact) mass is 387 g/mol. The highest BCUT2D eigenvalue weighted by molar-refractivity contribution is 7.84. The lowest BCUT2D eigenvalue weighted by Crippen LogP contribution is -2.60. The van der Waals surface area contributed by atoms with Crippen LogP contribution in [0.25, 0.3) is 0 Å². The van der Waals surface area contributed by atoms with Crippen LogP contribution in [0.3, 0.4) is 0 Å². The van der Waals surface area contributed by atoms with Crippen molar-refractivity contribution in [1.29, 1.82) is 0 Å². The molecule has 0 unspecified atom stereocenters. The van der Waals surface area contributed by atoms with E-state index in [1.165, 1.54) is 0 Å². The van der Waals surface area contributed by atoms with Crippen LogP contribution in [0.5, 0.6) is 0 Å². The lowest BCUT2D eigenvalue weighted by molar-refractivity contribution is -0.290. The second kappa shape index (κ2) is 6.21. The Hall–Kier alpha value is -1.11. The van der Waals surface area contributed by atoms with Crippen LogP contribution in [-0.2, 0) is 38.2 Å². The quantitative estimate of drug-likeness (QED) is 0.797. The standard InChI is InChI=1S/C16H21NO8S/c1-15(2)24-13-12-11(22-14(23-12)10-6-4-3-5-7-10)8-20-16(13,25-15)9-21-26(17,18)19/h3-7,11-14H,8-9H2,1-2H3,(H2,17,18,19)/t11-,12-,13+,14-,16+/m1/s1. The molecule has 26 heavy (non-hydrogen) atoms. The molecule has 3 fully saturated rings. The maximum Gasteiger partial charge on any atom is 0.333 e. The number of hydrogen-bond donors (Lipinski definition) is 1. The predicted molar refractivity (Wildman–Crippen MR) is 86.7 cm³/mol. The zero-order valence-electron chi connectivity index (χ0n) is 14.4. The van der Waals surface area contributed by atoms with Gasteiger partial charge in [-0.15, -0.1) is 0 Å². The van der Waals surface area contributed by atoms with Crippen LogP contribution in [0.1, 0.15) is 25.7 Å². The summed E-state index contributed by atoms with van der Waals surface area (Å²) < 4.78 is 56.9. The van der Waals surface area contributed by atoms with Crippen LogP contribution in [0, 0.1) is 0 Å². The van der Waals surface area contributed by atoms with Gasteiger partial charge in [-0.3, -0.25) is 4.18 Å². The molecule has 9 nitrogen and oxygen atoms in total. The Kier molecular flexibility index (Phi) is 4.36. The molecule has 0 saturated carbocycles.